The maximum atomic E-state index is 13.4. The Hall–Kier alpha value is -4.65. The minimum Gasteiger partial charge on any atom is -0.493 e. The van der Waals surface area contributed by atoms with Gasteiger partial charge in [0.2, 0.25) is 5.91 Å². The number of rotatable bonds is 9. The minimum absolute atomic E-state index is 0.0759. The number of alkyl carbamates (subject to hydrolysis) is 1. The van der Waals surface area contributed by atoms with E-state index in [1.54, 1.807) is 33.2 Å². The van der Waals surface area contributed by atoms with Gasteiger partial charge in [-0.05, 0) is 81.5 Å². The van der Waals surface area contributed by atoms with E-state index >= 15 is 0 Å². The van der Waals surface area contributed by atoms with Crippen molar-refractivity contribution in [3.63, 3.8) is 0 Å². The topological polar surface area (TPSA) is 89.5 Å². The maximum Gasteiger partial charge on any atom is 0.407 e. The Morgan fingerprint density at radius 2 is 1.62 bits per heavy atom. The lowest BCUT2D eigenvalue weighted by molar-refractivity contribution is -0.117. The maximum absolute atomic E-state index is 13.4. The van der Waals surface area contributed by atoms with Crippen molar-refractivity contribution in [3.8, 4) is 5.75 Å². The van der Waals surface area contributed by atoms with Crippen LogP contribution >= 0.6 is 0 Å². The zero-order chi connectivity index (χ0) is 30.4. The quantitative estimate of drug-likeness (QED) is 0.202. The van der Waals surface area contributed by atoms with E-state index in [0.717, 1.165) is 22.8 Å². The summed E-state index contributed by atoms with van der Waals surface area (Å²) in [5, 5.41) is 7.68. The van der Waals surface area contributed by atoms with Gasteiger partial charge < -0.3 is 20.1 Å². The van der Waals surface area contributed by atoms with Gasteiger partial charge in [-0.1, -0.05) is 60.7 Å². The highest BCUT2D eigenvalue weighted by Crippen LogP contribution is 2.24. The molecule has 2 amide bonds. The van der Waals surface area contributed by atoms with E-state index in [0.29, 0.717) is 18.0 Å². The van der Waals surface area contributed by atoms with Crippen molar-refractivity contribution in [2.45, 2.75) is 52.6 Å². The van der Waals surface area contributed by atoms with Crippen LogP contribution in [0.15, 0.2) is 103 Å². The summed E-state index contributed by atoms with van der Waals surface area (Å²) in [6, 6.07) is 25.1. The molecule has 4 aromatic rings. The number of benzene rings is 3. The number of hydrogen-bond donors (Lipinski definition) is 2. The van der Waals surface area contributed by atoms with Crippen molar-refractivity contribution >= 4 is 28.5 Å². The lowest BCUT2D eigenvalue weighted by Crippen LogP contribution is -2.37. The number of amides is 2. The molecule has 42 heavy (non-hydrogen) atoms. The van der Waals surface area contributed by atoms with E-state index in [1.165, 1.54) is 5.56 Å². The van der Waals surface area contributed by atoms with Gasteiger partial charge >= 0.3 is 6.09 Å². The van der Waals surface area contributed by atoms with Crippen LogP contribution in [-0.2, 0) is 16.0 Å². The van der Waals surface area contributed by atoms with E-state index in [4.69, 9.17) is 9.47 Å². The van der Waals surface area contributed by atoms with Crippen LogP contribution in [0.25, 0.3) is 10.8 Å². The molecule has 4 rings (SSSR count). The minimum atomic E-state index is -0.644. The molecule has 0 radical (unpaired) electrons. The molecular weight excluding hydrogens is 526 g/mol. The summed E-state index contributed by atoms with van der Waals surface area (Å²) in [7, 11) is 0. The van der Waals surface area contributed by atoms with E-state index < -0.39 is 17.6 Å². The monoisotopic (exact) mass is 567 g/mol. The fraction of sp³-hybridized carbons (Fsp3) is 0.286. The number of allylic oxidation sites excluding steroid dienone is 2. The van der Waals surface area contributed by atoms with Gasteiger partial charge in [0.05, 0.1) is 12.5 Å². The van der Waals surface area contributed by atoms with Gasteiger partial charge in [0.1, 0.15) is 11.4 Å². The summed E-state index contributed by atoms with van der Waals surface area (Å²) in [5.74, 6) is -0.173. The van der Waals surface area contributed by atoms with Crippen molar-refractivity contribution in [2.75, 3.05) is 18.5 Å². The van der Waals surface area contributed by atoms with Crippen LogP contribution in [0, 0.1) is 0 Å². The lowest BCUT2D eigenvalue weighted by Gasteiger charge is -2.22. The Bertz CT molecular complexity index is 1440. The Morgan fingerprint density at radius 3 is 2.29 bits per heavy atom. The second-order valence-corrected chi connectivity index (χ2v) is 10.7. The molecule has 2 N–H and O–H groups in total. The van der Waals surface area contributed by atoms with Crippen LogP contribution in [0.5, 0.6) is 5.75 Å². The Kier molecular flexibility index (Phi) is 12.1. The summed E-state index contributed by atoms with van der Waals surface area (Å²) in [5.41, 5.74) is 1.98. The number of nitrogens with one attached hydrogen (secondary N) is 2. The van der Waals surface area contributed by atoms with Gasteiger partial charge in [-0.15, -0.1) is 0 Å². The molecule has 1 unspecified atom stereocenters. The van der Waals surface area contributed by atoms with E-state index in [1.807, 2.05) is 92.7 Å². The summed E-state index contributed by atoms with van der Waals surface area (Å²) >= 11 is 0. The Balaban J connectivity index is 0.00000114. The van der Waals surface area contributed by atoms with Gasteiger partial charge in [0.15, 0.2) is 0 Å². The SMILES string of the molecule is C/C=C\C.CC(C)(C)OC(=O)NCC(C(=O)Nc1ccc2cnccc2c1)c1ccc(OCCc2ccccc2)cc1. The number of carbonyl (C=O) groups is 2. The molecule has 0 aliphatic heterocycles. The first-order valence-electron chi connectivity index (χ1n) is 14.1. The molecule has 1 atom stereocenters. The van der Waals surface area contributed by atoms with Gasteiger partial charge in [-0.25, -0.2) is 4.79 Å². The van der Waals surface area contributed by atoms with Gasteiger partial charge in [-0.2, -0.15) is 0 Å². The molecule has 0 spiro atoms. The number of carbonyl (C=O) groups excluding carboxylic acids is 2. The molecular formula is C35H41N3O4. The standard InChI is InChI=1S/C31H33N3O4.C4H8/c1-31(2,3)38-30(36)33-21-28(29(35)34-26-12-9-25-20-32-17-15-24(25)19-26)23-10-13-27(14-11-23)37-18-16-22-7-5-4-6-8-22;1-3-4-2/h4-15,17,19-20,28H,16,18,21H2,1-3H3,(H,33,36)(H,34,35);3-4H,1-2H3/b;4-3-. The molecule has 0 saturated carbocycles. The lowest BCUT2D eigenvalue weighted by atomic mass is 9.97. The van der Waals surface area contributed by atoms with Crippen LogP contribution in [0.4, 0.5) is 10.5 Å². The molecule has 1 aromatic heterocycles. The molecule has 0 aliphatic rings. The highest BCUT2D eigenvalue weighted by molar-refractivity contribution is 5.98. The van der Waals surface area contributed by atoms with Crippen LogP contribution in [0.3, 0.4) is 0 Å². The smallest absolute Gasteiger partial charge is 0.407 e. The molecule has 0 aliphatic carbocycles. The summed E-state index contributed by atoms with van der Waals surface area (Å²) in [6.07, 6.45) is 7.72. The van der Waals surface area contributed by atoms with E-state index in [9.17, 15) is 9.59 Å². The first-order chi connectivity index (χ1) is 20.2. The molecule has 7 nitrogen and oxygen atoms in total. The largest absolute Gasteiger partial charge is 0.493 e. The highest BCUT2D eigenvalue weighted by Gasteiger charge is 2.24. The van der Waals surface area contributed by atoms with Crippen LogP contribution in [0.2, 0.25) is 0 Å². The second kappa shape index (κ2) is 16.0. The average Bonchev–Trinajstić information content (AvgIpc) is 2.98. The molecule has 0 saturated heterocycles. The van der Waals surface area contributed by atoms with Crippen molar-refractivity contribution in [3.05, 3.63) is 115 Å². The molecule has 220 valence electrons. The van der Waals surface area contributed by atoms with E-state index in [2.05, 4.69) is 27.8 Å². The fourth-order valence-electron chi connectivity index (χ4n) is 3.98. The van der Waals surface area contributed by atoms with Gasteiger partial charge in [0, 0.05) is 36.4 Å². The second-order valence-electron chi connectivity index (χ2n) is 10.7. The third kappa shape index (κ3) is 10.7. The normalized spacial score (nSPS) is 11.7. The molecule has 3 aromatic carbocycles. The summed E-state index contributed by atoms with van der Waals surface area (Å²) in [4.78, 5) is 29.9. The number of pyridine rings is 1. The van der Waals surface area contributed by atoms with Crippen molar-refractivity contribution in [1.82, 2.24) is 10.3 Å². The Labute approximate surface area is 249 Å². The predicted octanol–water partition coefficient (Wildman–Crippen LogP) is 7.69. The first kappa shape index (κ1) is 31.9. The van der Waals surface area contributed by atoms with Crippen LogP contribution in [0.1, 0.15) is 51.7 Å². The molecule has 0 bridgehead atoms. The summed E-state index contributed by atoms with van der Waals surface area (Å²) in [6.45, 7) is 10.0. The molecule has 7 heteroatoms. The van der Waals surface area contributed by atoms with Crippen molar-refractivity contribution in [2.24, 2.45) is 0 Å². The number of nitrogens with zero attached hydrogens (tertiary/aromatic N) is 1. The Morgan fingerprint density at radius 1 is 0.905 bits per heavy atom. The fourth-order valence-corrected chi connectivity index (χ4v) is 3.98. The number of anilines is 1. The number of ether oxygens (including phenoxy) is 2. The average molecular weight is 568 g/mol. The zero-order valence-electron chi connectivity index (χ0n) is 25.1. The third-order valence-electron chi connectivity index (χ3n) is 6.19. The van der Waals surface area contributed by atoms with Gasteiger partial charge in [0.25, 0.3) is 0 Å². The number of aromatic nitrogens is 1. The van der Waals surface area contributed by atoms with Crippen LogP contribution < -0.4 is 15.4 Å². The summed E-state index contributed by atoms with van der Waals surface area (Å²) < 4.78 is 11.3. The molecule has 1 heterocycles. The van der Waals surface area contributed by atoms with Crippen molar-refractivity contribution in [1.29, 1.82) is 0 Å². The zero-order valence-corrected chi connectivity index (χ0v) is 25.1. The third-order valence-corrected chi connectivity index (χ3v) is 6.19. The predicted molar refractivity (Wildman–Crippen MR) is 170 cm³/mol. The number of hydrogen-bond acceptors (Lipinski definition) is 5. The highest BCUT2D eigenvalue weighted by atomic mass is 16.6. The van der Waals surface area contributed by atoms with Crippen molar-refractivity contribution < 1.29 is 19.1 Å². The van der Waals surface area contributed by atoms with Gasteiger partial charge in [-0.3, -0.25) is 9.78 Å². The first-order valence-corrected chi connectivity index (χ1v) is 14.1. The number of fused-ring (bicyclic) bond motifs is 1. The molecule has 0 fully saturated rings. The van der Waals surface area contributed by atoms with E-state index in [-0.39, 0.29) is 12.5 Å². The van der Waals surface area contributed by atoms with Crippen LogP contribution in [-0.4, -0.2) is 35.7 Å².